The van der Waals surface area contributed by atoms with Crippen LogP contribution >= 0.6 is 0 Å². The molecule has 10 nitrogen and oxygen atoms in total. The number of pyridine rings is 1. The van der Waals surface area contributed by atoms with Crippen molar-refractivity contribution in [3.8, 4) is 28.6 Å². The Morgan fingerprint density at radius 2 is 2.03 bits per heavy atom. The van der Waals surface area contributed by atoms with Crippen LogP contribution in [0.15, 0.2) is 41.1 Å². The fourth-order valence-corrected chi connectivity index (χ4v) is 3.29. The van der Waals surface area contributed by atoms with E-state index in [2.05, 4.69) is 39.2 Å². The minimum absolute atomic E-state index is 0.00583. The number of carbonyl (C=O) groups is 1. The molecule has 0 radical (unpaired) electrons. The molecule has 34 heavy (non-hydrogen) atoms. The highest BCUT2D eigenvalue weighted by atomic mass is 16.5. The van der Waals surface area contributed by atoms with Crippen LogP contribution in [-0.4, -0.2) is 75.1 Å². The van der Waals surface area contributed by atoms with Crippen LogP contribution in [0, 0.1) is 6.92 Å². The van der Waals surface area contributed by atoms with Gasteiger partial charge in [0.25, 0.3) is 5.89 Å². The molecule has 0 aliphatic rings. The number of benzene rings is 1. The van der Waals surface area contributed by atoms with E-state index in [0.717, 1.165) is 42.0 Å². The summed E-state index contributed by atoms with van der Waals surface area (Å²) in [6.07, 6.45) is 0.844. The average Bonchev–Trinajstić information content (AvgIpc) is 3.34. The van der Waals surface area contributed by atoms with Gasteiger partial charge in [-0.1, -0.05) is 19.0 Å². The monoisotopic (exact) mass is 469 g/mol. The number of aryl methyl sites for hydroxylation is 1. The number of aliphatic hydroxyl groups is 2. The Morgan fingerprint density at radius 1 is 1.24 bits per heavy atom. The molecule has 0 bridgehead atoms. The lowest BCUT2D eigenvalue weighted by Gasteiger charge is -2.17. The molecule has 10 heteroatoms. The predicted molar refractivity (Wildman–Crippen MR) is 126 cm³/mol. The van der Waals surface area contributed by atoms with Crippen molar-refractivity contribution in [3.63, 3.8) is 0 Å². The summed E-state index contributed by atoms with van der Waals surface area (Å²) in [5, 5.41) is 25.1. The van der Waals surface area contributed by atoms with Crippen LogP contribution in [0.25, 0.3) is 22.8 Å². The van der Waals surface area contributed by atoms with E-state index in [4.69, 9.17) is 14.4 Å². The van der Waals surface area contributed by atoms with Crippen molar-refractivity contribution in [2.24, 2.45) is 0 Å². The summed E-state index contributed by atoms with van der Waals surface area (Å²) in [4.78, 5) is 22.4. The number of amides is 1. The van der Waals surface area contributed by atoms with E-state index in [1.54, 1.807) is 12.3 Å². The largest absolute Gasteiger partial charge is 0.491 e. The van der Waals surface area contributed by atoms with E-state index >= 15 is 0 Å². The average molecular weight is 470 g/mol. The van der Waals surface area contributed by atoms with Crippen LogP contribution < -0.4 is 10.1 Å². The van der Waals surface area contributed by atoms with Crippen molar-refractivity contribution in [1.29, 1.82) is 0 Å². The van der Waals surface area contributed by atoms with Crippen molar-refractivity contribution in [2.45, 2.75) is 33.4 Å². The molecule has 0 aliphatic heterocycles. The number of ether oxygens (including phenoxy) is 1. The zero-order valence-corrected chi connectivity index (χ0v) is 19.7. The Hall–Kier alpha value is -3.34. The second-order valence-electron chi connectivity index (χ2n) is 7.83. The number of aliphatic hydroxyl groups excluding tert-OH is 2. The Morgan fingerprint density at radius 3 is 2.68 bits per heavy atom. The minimum atomic E-state index is -0.901. The minimum Gasteiger partial charge on any atom is -0.491 e. The Bertz CT molecular complexity index is 1070. The third kappa shape index (κ3) is 6.83. The number of nitrogens with one attached hydrogen (secondary N) is 1. The van der Waals surface area contributed by atoms with Crippen LogP contribution in [0.1, 0.15) is 25.1 Å². The molecule has 2 aromatic heterocycles. The zero-order valence-electron chi connectivity index (χ0n) is 19.7. The van der Waals surface area contributed by atoms with Gasteiger partial charge in [-0.25, -0.2) is 0 Å². The van der Waals surface area contributed by atoms with Crippen LogP contribution in [0.3, 0.4) is 0 Å². The lowest BCUT2D eigenvalue weighted by Crippen LogP contribution is -2.36. The normalized spacial score (nSPS) is 12.1. The third-order valence-electron chi connectivity index (χ3n) is 5.34. The van der Waals surface area contributed by atoms with Crippen molar-refractivity contribution < 1.29 is 24.3 Å². The highest BCUT2D eigenvalue weighted by Gasteiger charge is 2.14. The van der Waals surface area contributed by atoms with Crippen molar-refractivity contribution in [2.75, 3.05) is 32.8 Å². The maximum atomic E-state index is 11.0. The van der Waals surface area contributed by atoms with Gasteiger partial charge >= 0.3 is 0 Å². The van der Waals surface area contributed by atoms with E-state index in [9.17, 15) is 9.90 Å². The van der Waals surface area contributed by atoms with Gasteiger partial charge < -0.3 is 24.8 Å². The van der Waals surface area contributed by atoms with Gasteiger partial charge in [0.15, 0.2) is 0 Å². The quantitative estimate of drug-likeness (QED) is 0.363. The first-order valence-corrected chi connectivity index (χ1v) is 11.2. The molecule has 3 N–H and O–H groups in total. The van der Waals surface area contributed by atoms with Crippen LogP contribution in [0.4, 0.5) is 0 Å². The van der Waals surface area contributed by atoms with E-state index < -0.39 is 18.6 Å². The van der Waals surface area contributed by atoms with E-state index in [1.807, 2.05) is 31.2 Å². The van der Waals surface area contributed by atoms with E-state index in [0.29, 0.717) is 17.5 Å². The highest BCUT2D eigenvalue weighted by molar-refractivity contribution is 5.76. The molecule has 0 aliphatic carbocycles. The number of hydrogen-bond donors (Lipinski definition) is 3. The van der Waals surface area contributed by atoms with E-state index in [-0.39, 0.29) is 13.2 Å². The summed E-state index contributed by atoms with van der Waals surface area (Å²) in [5.41, 5.74) is 3.41. The maximum Gasteiger partial charge on any atom is 0.259 e. The molecule has 1 atom stereocenters. The van der Waals surface area contributed by atoms with Crippen molar-refractivity contribution in [1.82, 2.24) is 25.3 Å². The summed E-state index contributed by atoms with van der Waals surface area (Å²) in [6.45, 7) is 8.27. The fraction of sp³-hybridized carbons (Fsp3) is 0.417. The second-order valence-corrected chi connectivity index (χ2v) is 7.83. The van der Waals surface area contributed by atoms with Gasteiger partial charge in [-0.3, -0.25) is 14.7 Å². The SMILES string of the molecule is CCN(CC)Cc1ccc(-c2nc(-c3ccc(OC[C@@H](O)CNC(=O)CO)cc3C)no2)cn1. The van der Waals surface area contributed by atoms with Gasteiger partial charge in [0.05, 0.1) is 11.3 Å². The molecule has 1 aromatic carbocycles. The molecule has 182 valence electrons. The van der Waals surface area contributed by atoms with Crippen LogP contribution in [0.5, 0.6) is 5.75 Å². The Labute approximate surface area is 198 Å². The van der Waals surface area contributed by atoms with Gasteiger partial charge in [0.2, 0.25) is 11.7 Å². The molecular formula is C24H31N5O5. The third-order valence-corrected chi connectivity index (χ3v) is 5.34. The molecule has 0 unspecified atom stereocenters. The molecule has 3 rings (SSSR count). The summed E-state index contributed by atoms with van der Waals surface area (Å²) in [5.74, 6) is 0.860. The maximum absolute atomic E-state index is 11.0. The molecule has 0 saturated heterocycles. The second kappa shape index (κ2) is 12.2. The Kier molecular flexibility index (Phi) is 9.08. The highest BCUT2D eigenvalue weighted by Crippen LogP contribution is 2.27. The van der Waals surface area contributed by atoms with E-state index in [1.165, 1.54) is 0 Å². The lowest BCUT2D eigenvalue weighted by atomic mass is 10.1. The smallest absolute Gasteiger partial charge is 0.259 e. The number of aromatic nitrogens is 3. The molecular weight excluding hydrogens is 438 g/mol. The van der Waals surface area contributed by atoms with Gasteiger partial charge in [0.1, 0.15) is 25.1 Å². The van der Waals surface area contributed by atoms with Crippen LogP contribution in [-0.2, 0) is 11.3 Å². The van der Waals surface area contributed by atoms with Gasteiger partial charge in [0, 0.05) is 24.8 Å². The predicted octanol–water partition coefficient (Wildman–Crippen LogP) is 1.80. The summed E-state index contributed by atoms with van der Waals surface area (Å²) < 4.78 is 11.1. The first-order chi connectivity index (χ1) is 16.4. The van der Waals surface area contributed by atoms with Crippen LogP contribution in [0.2, 0.25) is 0 Å². The Balaban J connectivity index is 1.62. The molecule has 0 fully saturated rings. The first kappa shape index (κ1) is 25.3. The number of carbonyl (C=O) groups excluding carboxylic acids is 1. The standard InChI is InChI=1S/C24H31N5O5/c1-4-29(5-2)13-18-7-6-17(11-25-18)24-27-23(28-34-24)21-9-8-20(10-16(21)3)33-15-19(31)12-26-22(32)14-30/h6-11,19,30-31H,4-5,12-15H2,1-3H3,(H,26,32)/t19-/m0/s1. The summed E-state index contributed by atoms with van der Waals surface area (Å²) in [6, 6.07) is 9.29. The molecule has 1 amide bonds. The lowest BCUT2D eigenvalue weighted by molar-refractivity contribution is -0.124. The van der Waals surface area contributed by atoms with Crippen molar-refractivity contribution >= 4 is 5.91 Å². The molecule has 0 saturated carbocycles. The number of rotatable bonds is 12. The molecule has 2 heterocycles. The topological polar surface area (TPSA) is 134 Å². The molecule has 3 aromatic rings. The molecule has 0 spiro atoms. The number of hydrogen-bond acceptors (Lipinski definition) is 9. The number of nitrogens with zero attached hydrogens (tertiary/aromatic N) is 4. The zero-order chi connectivity index (χ0) is 24.5. The van der Waals surface area contributed by atoms with Gasteiger partial charge in [-0.2, -0.15) is 4.98 Å². The first-order valence-electron chi connectivity index (χ1n) is 11.2. The summed E-state index contributed by atoms with van der Waals surface area (Å²) >= 11 is 0. The fourth-order valence-electron chi connectivity index (χ4n) is 3.29. The van der Waals surface area contributed by atoms with Gasteiger partial charge in [-0.15, -0.1) is 0 Å². The van der Waals surface area contributed by atoms with Gasteiger partial charge in [-0.05, 0) is 55.9 Å². The van der Waals surface area contributed by atoms with Crippen molar-refractivity contribution in [3.05, 3.63) is 47.8 Å². The summed E-state index contributed by atoms with van der Waals surface area (Å²) in [7, 11) is 0.